The summed E-state index contributed by atoms with van der Waals surface area (Å²) in [7, 11) is 1.64. The number of nitrogens with zero attached hydrogens (tertiary/aromatic N) is 1. The quantitative estimate of drug-likeness (QED) is 0.549. The van der Waals surface area contributed by atoms with E-state index in [0.29, 0.717) is 6.61 Å². The molecule has 0 unspecified atom stereocenters. The summed E-state index contributed by atoms with van der Waals surface area (Å²) in [5.41, 5.74) is -0.125. The van der Waals surface area contributed by atoms with Gasteiger partial charge in [0.25, 0.3) is 0 Å². The fourth-order valence-electron chi connectivity index (χ4n) is 1.98. The van der Waals surface area contributed by atoms with Gasteiger partial charge in [-0.2, -0.15) is 5.26 Å². The van der Waals surface area contributed by atoms with E-state index in [9.17, 15) is 0 Å². The zero-order valence-electron chi connectivity index (χ0n) is 6.59. The molecule has 11 heavy (non-hydrogen) atoms. The van der Waals surface area contributed by atoms with Crippen molar-refractivity contribution in [3.8, 4) is 6.07 Å². The van der Waals surface area contributed by atoms with Gasteiger partial charge in [-0.15, -0.1) is 0 Å². The van der Waals surface area contributed by atoms with Crippen LogP contribution in [0, 0.1) is 16.7 Å². The first-order valence-corrected chi connectivity index (χ1v) is 3.78. The van der Waals surface area contributed by atoms with E-state index in [4.69, 9.17) is 14.7 Å². The highest BCUT2D eigenvalue weighted by Gasteiger charge is 2.63. The second kappa shape index (κ2) is 1.96. The van der Waals surface area contributed by atoms with Gasteiger partial charge in [-0.1, -0.05) is 0 Å². The molecule has 0 amide bonds. The number of nitriles is 1. The Kier molecular flexibility index (Phi) is 1.26. The maximum absolute atomic E-state index is 8.84. The fraction of sp³-hybridized carbons (Fsp3) is 0.875. The first kappa shape index (κ1) is 7.08. The topological polar surface area (TPSA) is 45.5 Å². The van der Waals surface area contributed by atoms with Gasteiger partial charge < -0.3 is 9.47 Å². The van der Waals surface area contributed by atoms with E-state index < -0.39 is 0 Å². The maximum Gasteiger partial charge on any atom is 0.0948 e. The van der Waals surface area contributed by atoms with Gasteiger partial charge in [-0.25, -0.2) is 0 Å². The highest BCUT2D eigenvalue weighted by Crippen LogP contribution is 2.57. The third-order valence-electron chi connectivity index (χ3n) is 2.53. The van der Waals surface area contributed by atoms with Crippen molar-refractivity contribution in [3.63, 3.8) is 0 Å². The van der Waals surface area contributed by atoms with Crippen LogP contribution in [0.15, 0.2) is 0 Å². The average Bonchev–Trinajstić information content (AvgIpc) is 2.67. The molecule has 0 aromatic rings. The van der Waals surface area contributed by atoms with Crippen molar-refractivity contribution < 1.29 is 9.47 Å². The molecule has 1 heterocycles. The zero-order chi connectivity index (χ0) is 7.95. The van der Waals surface area contributed by atoms with Gasteiger partial charge in [0.05, 0.1) is 30.3 Å². The molecule has 0 aromatic carbocycles. The molecule has 1 aliphatic heterocycles. The molecule has 0 atom stereocenters. The third kappa shape index (κ3) is 0.943. The maximum atomic E-state index is 8.84. The lowest BCUT2D eigenvalue weighted by Crippen LogP contribution is -2.45. The van der Waals surface area contributed by atoms with E-state index in [-0.39, 0.29) is 11.0 Å². The predicted molar refractivity (Wildman–Crippen MR) is 37.8 cm³/mol. The van der Waals surface area contributed by atoms with Crippen LogP contribution in [0.2, 0.25) is 0 Å². The molecule has 1 saturated heterocycles. The van der Waals surface area contributed by atoms with Crippen molar-refractivity contribution in [1.82, 2.24) is 0 Å². The van der Waals surface area contributed by atoms with Gasteiger partial charge in [0.15, 0.2) is 0 Å². The minimum atomic E-state index is -0.231. The lowest BCUT2D eigenvalue weighted by molar-refractivity contribution is 0.000812. The molecule has 3 heteroatoms. The van der Waals surface area contributed by atoms with E-state index in [0.717, 1.165) is 19.4 Å². The molecule has 60 valence electrons. The molecule has 0 bridgehead atoms. The number of methoxy groups -OCH3 is 1. The minimum absolute atomic E-state index is 0.105. The van der Waals surface area contributed by atoms with E-state index in [1.807, 2.05) is 0 Å². The third-order valence-corrected chi connectivity index (χ3v) is 2.53. The Morgan fingerprint density at radius 3 is 2.64 bits per heavy atom. The molecule has 2 fully saturated rings. The predicted octanol–water partition coefficient (Wildman–Crippen LogP) is 0.706. The molecular weight excluding hydrogens is 142 g/mol. The number of ether oxygens (including phenoxy) is 2. The molecule has 1 aliphatic carbocycles. The summed E-state index contributed by atoms with van der Waals surface area (Å²) in [6.45, 7) is 1.40. The minimum Gasteiger partial charge on any atom is -0.383 e. The Hall–Kier alpha value is -0.590. The van der Waals surface area contributed by atoms with Crippen LogP contribution >= 0.6 is 0 Å². The highest BCUT2D eigenvalue weighted by molar-refractivity contribution is 5.19. The van der Waals surface area contributed by atoms with Gasteiger partial charge in [-0.05, 0) is 12.8 Å². The van der Waals surface area contributed by atoms with Crippen molar-refractivity contribution in [2.45, 2.75) is 18.4 Å². The second-order valence-electron chi connectivity index (χ2n) is 3.65. The largest absolute Gasteiger partial charge is 0.383 e. The van der Waals surface area contributed by atoms with Gasteiger partial charge in [0, 0.05) is 7.11 Å². The van der Waals surface area contributed by atoms with E-state index in [2.05, 4.69) is 6.07 Å². The van der Waals surface area contributed by atoms with Crippen molar-refractivity contribution >= 4 is 0 Å². The Labute approximate surface area is 65.9 Å². The Balaban J connectivity index is 1.96. The second-order valence-corrected chi connectivity index (χ2v) is 3.65. The monoisotopic (exact) mass is 153 g/mol. The van der Waals surface area contributed by atoms with Crippen LogP contribution < -0.4 is 0 Å². The molecule has 0 N–H and O–H groups in total. The summed E-state index contributed by atoms with van der Waals surface area (Å²) in [5.74, 6) is 0. The molecule has 0 radical (unpaired) electrons. The lowest BCUT2D eigenvalue weighted by atomic mass is 9.63. The Morgan fingerprint density at radius 1 is 1.64 bits per heavy atom. The van der Waals surface area contributed by atoms with Crippen LogP contribution in [-0.4, -0.2) is 25.9 Å². The van der Waals surface area contributed by atoms with Crippen LogP contribution in [0.25, 0.3) is 0 Å². The van der Waals surface area contributed by atoms with Crippen LogP contribution in [-0.2, 0) is 9.47 Å². The SMILES string of the molecule is COCC1(C#N)CC2(CO2)C1. The highest BCUT2D eigenvalue weighted by atomic mass is 16.6. The van der Waals surface area contributed by atoms with Crippen LogP contribution in [0.4, 0.5) is 0 Å². The summed E-state index contributed by atoms with van der Waals surface area (Å²) < 4.78 is 10.2. The number of hydrogen-bond donors (Lipinski definition) is 0. The molecule has 2 aliphatic rings. The van der Waals surface area contributed by atoms with E-state index in [1.54, 1.807) is 7.11 Å². The van der Waals surface area contributed by atoms with E-state index in [1.165, 1.54) is 0 Å². The standard InChI is InChI=1S/C8H11NO2/c1-10-5-7(4-9)2-8(3-7)6-11-8/h2-3,5-6H2,1H3. The zero-order valence-corrected chi connectivity index (χ0v) is 6.59. The fourth-order valence-corrected chi connectivity index (χ4v) is 1.98. The van der Waals surface area contributed by atoms with Gasteiger partial charge >= 0.3 is 0 Å². The molecule has 3 nitrogen and oxygen atoms in total. The van der Waals surface area contributed by atoms with Crippen molar-refractivity contribution in [3.05, 3.63) is 0 Å². The number of epoxide rings is 1. The Morgan fingerprint density at radius 2 is 2.27 bits per heavy atom. The van der Waals surface area contributed by atoms with Crippen LogP contribution in [0.1, 0.15) is 12.8 Å². The Bertz CT molecular complexity index is 207. The molecule has 1 saturated carbocycles. The van der Waals surface area contributed by atoms with E-state index >= 15 is 0 Å². The van der Waals surface area contributed by atoms with Crippen molar-refractivity contribution in [1.29, 1.82) is 5.26 Å². The first-order valence-electron chi connectivity index (χ1n) is 3.78. The average molecular weight is 153 g/mol. The van der Waals surface area contributed by atoms with Gasteiger partial charge in [0.2, 0.25) is 0 Å². The first-order chi connectivity index (χ1) is 5.24. The lowest BCUT2D eigenvalue weighted by Gasteiger charge is -2.40. The van der Waals surface area contributed by atoms with Crippen molar-refractivity contribution in [2.24, 2.45) is 5.41 Å². The van der Waals surface area contributed by atoms with Crippen LogP contribution in [0.3, 0.4) is 0 Å². The summed E-state index contributed by atoms with van der Waals surface area (Å²) >= 11 is 0. The van der Waals surface area contributed by atoms with Crippen LogP contribution in [0.5, 0.6) is 0 Å². The van der Waals surface area contributed by atoms with Gasteiger partial charge in [0.1, 0.15) is 0 Å². The number of hydrogen-bond acceptors (Lipinski definition) is 3. The summed E-state index contributed by atoms with van der Waals surface area (Å²) in [5, 5.41) is 8.84. The summed E-state index contributed by atoms with van der Waals surface area (Å²) in [6, 6.07) is 2.31. The molecule has 0 aromatic heterocycles. The molecule has 2 rings (SSSR count). The normalized spacial score (nSPS) is 46.5. The summed E-state index contributed by atoms with van der Waals surface area (Å²) in [4.78, 5) is 0. The summed E-state index contributed by atoms with van der Waals surface area (Å²) in [6.07, 6.45) is 1.73. The number of rotatable bonds is 2. The molecule has 1 spiro atoms. The van der Waals surface area contributed by atoms with Crippen molar-refractivity contribution in [2.75, 3.05) is 20.3 Å². The molecular formula is C8H11NO2. The smallest absolute Gasteiger partial charge is 0.0948 e. The van der Waals surface area contributed by atoms with Gasteiger partial charge in [-0.3, -0.25) is 0 Å².